The van der Waals surface area contributed by atoms with E-state index in [0.29, 0.717) is 5.92 Å². The Kier molecular flexibility index (Phi) is 1.48. The van der Waals surface area contributed by atoms with E-state index in [2.05, 4.69) is 16.9 Å². The molecule has 1 aromatic heterocycles. The van der Waals surface area contributed by atoms with Crippen LogP contribution in [-0.4, -0.2) is 9.97 Å². The summed E-state index contributed by atoms with van der Waals surface area (Å²) in [5, 5.41) is 0. The van der Waals surface area contributed by atoms with Crippen LogP contribution in [0.4, 0.5) is 0 Å². The Labute approximate surface area is 67.0 Å². The second kappa shape index (κ2) is 2.36. The SMILES string of the molecule is Cc1nc2c([nH]1)CCCC2C. The van der Waals surface area contributed by atoms with Crippen LogP contribution in [0.3, 0.4) is 0 Å². The van der Waals surface area contributed by atoms with Crippen LogP contribution in [0.2, 0.25) is 0 Å². The fraction of sp³-hybridized carbons (Fsp3) is 0.667. The lowest BCUT2D eigenvalue weighted by Crippen LogP contribution is -2.05. The number of hydrogen-bond donors (Lipinski definition) is 1. The van der Waals surface area contributed by atoms with Crippen LogP contribution < -0.4 is 0 Å². The molecule has 0 fully saturated rings. The first-order valence-electron chi connectivity index (χ1n) is 4.33. The van der Waals surface area contributed by atoms with Crippen molar-refractivity contribution < 1.29 is 0 Å². The minimum Gasteiger partial charge on any atom is -0.346 e. The Balaban J connectivity index is 2.43. The third-order valence-electron chi connectivity index (χ3n) is 2.46. The number of hydrogen-bond acceptors (Lipinski definition) is 1. The maximum atomic E-state index is 4.48. The third kappa shape index (κ3) is 1.06. The highest BCUT2D eigenvalue weighted by atomic mass is 14.9. The fourth-order valence-corrected chi connectivity index (χ4v) is 1.88. The normalized spacial score (nSPS) is 23.3. The molecule has 0 aliphatic heterocycles. The number of fused-ring (bicyclic) bond motifs is 1. The van der Waals surface area contributed by atoms with Gasteiger partial charge in [-0.05, 0) is 26.2 Å². The molecule has 2 heteroatoms. The molecule has 1 aromatic rings. The highest BCUT2D eigenvalue weighted by molar-refractivity contribution is 5.20. The van der Waals surface area contributed by atoms with Crippen molar-refractivity contribution in [3.05, 3.63) is 17.2 Å². The maximum absolute atomic E-state index is 4.48. The largest absolute Gasteiger partial charge is 0.346 e. The van der Waals surface area contributed by atoms with E-state index in [4.69, 9.17) is 0 Å². The summed E-state index contributed by atoms with van der Waals surface area (Å²) >= 11 is 0. The van der Waals surface area contributed by atoms with Gasteiger partial charge in [0.1, 0.15) is 5.82 Å². The molecule has 0 spiro atoms. The van der Waals surface area contributed by atoms with Crippen LogP contribution >= 0.6 is 0 Å². The summed E-state index contributed by atoms with van der Waals surface area (Å²) in [6, 6.07) is 0. The van der Waals surface area contributed by atoms with Crippen molar-refractivity contribution in [3.63, 3.8) is 0 Å². The Morgan fingerprint density at radius 1 is 1.55 bits per heavy atom. The van der Waals surface area contributed by atoms with Crippen LogP contribution in [-0.2, 0) is 6.42 Å². The molecule has 0 bridgehead atoms. The molecule has 0 radical (unpaired) electrons. The van der Waals surface area contributed by atoms with Gasteiger partial charge in [0.15, 0.2) is 0 Å². The number of aromatic nitrogens is 2. The van der Waals surface area contributed by atoms with Gasteiger partial charge in [-0.2, -0.15) is 0 Å². The number of rotatable bonds is 0. The molecule has 1 atom stereocenters. The molecule has 1 aliphatic carbocycles. The standard InChI is InChI=1S/C9H14N2/c1-6-4-3-5-8-9(6)11-7(2)10-8/h6H,3-5H2,1-2H3,(H,10,11). The molecule has 1 unspecified atom stereocenters. The van der Waals surface area contributed by atoms with Gasteiger partial charge in [-0.15, -0.1) is 0 Å². The second-order valence-electron chi connectivity index (χ2n) is 3.48. The predicted octanol–water partition coefficient (Wildman–Crippen LogP) is 2.16. The van der Waals surface area contributed by atoms with E-state index in [0.717, 1.165) is 5.82 Å². The van der Waals surface area contributed by atoms with Gasteiger partial charge in [0.25, 0.3) is 0 Å². The minimum absolute atomic E-state index is 0.670. The summed E-state index contributed by atoms with van der Waals surface area (Å²) in [6.07, 6.45) is 3.81. The summed E-state index contributed by atoms with van der Waals surface area (Å²) in [6.45, 7) is 4.29. The molecule has 0 saturated heterocycles. The van der Waals surface area contributed by atoms with Crippen molar-refractivity contribution in [1.29, 1.82) is 0 Å². The average molecular weight is 150 g/mol. The van der Waals surface area contributed by atoms with E-state index in [1.165, 1.54) is 30.7 Å². The highest BCUT2D eigenvalue weighted by Crippen LogP contribution is 2.28. The monoisotopic (exact) mass is 150 g/mol. The van der Waals surface area contributed by atoms with Gasteiger partial charge in [-0.1, -0.05) is 6.92 Å². The van der Waals surface area contributed by atoms with Gasteiger partial charge in [0.2, 0.25) is 0 Å². The molecule has 1 aliphatic rings. The van der Waals surface area contributed by atoms with Crippen molar-refractivity contribution in [3.8, 4) is 0 Å². The second-order valence-corrected chi connectivity index (χ2v) is 3.48. The van der Waals surface area contributed by atoms with Gasteiger partial charge in [0, 0.05) is 11.6 Å². The lowest BCUT2D eigenvalue weighted by molar-refractivity contribution is 0.574. The zero-order valence-corrected chi connectivity index (χ0v) is 7.15. The number of aromatic amines is 1. The number of nitrogens with one attached hydrogen (secondary N) is 1. The molecule has 1 heterocycles. The van der Waals surface area contributed by atoms with E-state index in [9.17, 15) is 0 Å². The quantitative estimate of drug-likeness (QED) is 0.603. The predicted molar refractivity (Wildman–Crippen MR) is 44.7 cm³/mol. The molecular formula is C9H14N2. The van der Waals surface area contributed by atoms with Crippen LogP contribution in [0.1, 0.15) is 42.9 Å². The lowest BCUT2D eigenvalue weighted by atomic mass is 9.92. The Bertz CT molecular complexity index is 263. The molecule has 0 saturated carbocycles. The van der Waals surface area contributed by atoms with Gasteiger partial charge in [-0.25, -0.2) is 4.98 Å². The zero-order valence-electron chi connectivity index (χ0n) is 7.15. The van der Waals surface area contributed by atoms with Gasteiger partial charge < -0.3 is 4.98 Å². The van der Waals surface area contributed by atoms with Crippen LogP contribution in [0, 0.1) is 6.92 Å². The summed E-state index contributed by atoms with van der Waals surface area (Å²) in [5.74, 6) is 1.74. The van der Waals surface area contributed by atoms with Gasteiger partial charge in [0.05, 0.1) is 5.69 Å². The first-order valence-corrected chi connectivity index (χ1v) is 4.33. The highest BCUT2D eigenvalue weighted by Gasteiger charge is 2.19. The number of aryl methyl sites for hydroxylation is 2. The topological polar surface area (TPSA) is 28.7 Å². The van der Waals surface area contributed by atoms with Gasteiger partial charge in [-0.3, -0.25) is 0 Å². The van der Waals surface area contributed by atoms with Crippen molar-refractivity contribution in [2.24, 2.45) is 0 Å². The molecule has 0 aromatic carbocycles. The fourth-order valence-electron chi connectivity index (χ4n) is 1.88. The summed E-state index contributed by atoms with van der Waals surface area (Å²) in [4.78, 5) is 7.79. The Morgan fingerprint density at radius 3 is 3.09 bits per heavy atom. The molecular weight excluding hydrogens is 136 g/mol. The van der Waals surface area contributed by atoms with E-state index in [1.807, 2.05) is 6.92 Å². The Morgan fingerprint density at radius 2 is 2.36 bits per heavy atom. The first kappa shape index (κ1) is 6.89. The molecule has 2 nitrogen and oxygen atoms in total. The zero-order chi connectivity index (χ0) is 7.84. The summed E-state index contributed by atoms with van der Waals surface area (Å²) in [7, 11) is 0. The van der Waals surface area contributed by atoms with Crippen LogP contribution in [0.15, 0.2) is 0 Å². The maximum Gasteiger partial charge on any atom is 0.103 e. The lowest BCUT2D eigenvalue weighted by Gasteiger charge is -2.15. The van der Waals surface area contributed by atoms with Gasteiger partial charge >= 0.3 is 0 Å². The van der Waals surface area contributed by atoms with Crippen molar-refractivity contribution in [2.45, 2.75) is 39.0 Å². The first-order chi connectivity index (χ1) is 5.27. The summed E-state index contributed by atoms with van der Waals surface area (Å²) in [5.41, 5.74) is 2.69. The number of imidazole rings is 1. The number of nitrogens with zero attached hydrogens (tertiary/aromatic N) is 1. The van der Waals surface area contributed by atoms with Crippen molar-refractivity contribution >= 4 is 0 Å². The van der Waals surface area contributed by atoms with Crippen LogP contribution in [0.25, 0.3) is 0 Å². The van der Waals surface area contributed by atoms with E-state index in [-0.39, 0.29) is 0 Å². The van der Waals surface area contributed by atoms with Crippen molar-refractivity contribution in [2.75, 3.05) is 0 Å². The molecule has 60 valence electrons. The third-order valence-corrected chi connectivity index (χ3v) is 2.46. The number of H-pyrrole nitrogens is 1. The molecule has 0 amide bonds. The Hall–Kier alpha value is -0.790. The molecule has 1 N–H and O–H groups in total. The summed E-state index contributed by atoms with van der Waals surface area (Å²) < 4.78 is 0. The average Bonchev–Trinajstić information content (AvgIpc) is 2.31. The molecule has 2 rings (SSSR count). The van der Waals surface area contributed by atoms with E-state index < -0.39 is 0 Å². The molecule has 11 heavy (non-hydrogen) atoms. The van der Waals surface area contributed by atoms with E-state index in [1.54, 1.807) is 0 Å². The van der Waals surface area contributed by atoms with E-state index >= 15 is 0 Å². The smallest absolute Gasteiger partial charge is 0.103 e. The minimum atomic E-state index is 0.670. The van der Waals surface area contributed by atoms with Crippen molar-refractivity contribution in [1.82, 2.24) is 9.97 Å². The van der Waals surface area contributed by atoms with Crippen LogP contribution in [0.5, 0.6) is 0 Å².